The van der Waals surface area contributed by atoms with Crippen molar-refractivity contribution in [1.82, 2.24) is 9.97 Å². The summed E-state index contributed by atoms with van der Waals surface area (Å²) in [5.74, 6) is 2.35. The Bertz CT molecular complexity index is 771. The molecule has 1 atom stereocenters. The summed E-state index contributed by atoms with van der Waals surface area (Å²) in [5.41, 5.74) is 10.4. The molecule has 1 aromatic heterocycles. The van der Waals surface area contributed by atoms with Gasteiger partial charge in [-0.15, -0.1) is 0 Å². The highest BCUT2D eigenvalue weighted by molar-refractivity contribution is 5.55. The van der Waals surface area contributed by atoms with E-state index in [1.54, 1.807) is 27.5 Å². The fraction of sp³-hybridized carbons (Fsp3) is 0.474. The molecule has 28 heavy (non-hydrogen) atoms. The number of ether oxygens (including phenoxy) is 4. The second-order valence-electron chi connectivity index (χ2n) is 6.33. The van der Waals surface area contributed by atoms with Gasteiger partial charge in [-0.3, -0.25) is 0 Å². The summed E-state index contributed by atoms with van der Waals surface area (Å²) in [6.07, 6.45) is 4.81. The van der Waals surface area contributed by atoms with Crippen LogP contribution in [0.1, 0.15) is 30.4 Å². The van der Waals surface area contributed by atoms with Gasteiger partial charge in [-0.05, 0) is 30.5 Å². The average Bonchev–Trinajstić information content (AvgIpc) is 2.73. The molecule has 0 radical (unpaired) electrons. The molecule has 0 aliphatic carbocycles. The number of hydrogen-bond donors (Lipinski definition) is 2. The van der Waals surface area contributed by atoms with Gasteiger partial charge in [0.15, 0.2) is 23.6 Å². The number of nitrogens with one attached hydrogen (secondary N) is 1. The highest BCUT2D eigenvalue weighted by Crippen LogP contribution is 2.39. The number of rotatable bonds is 8. The van der Waals surface area contributed by atoms with Gasteiger partial charge in [-0.2, -0.15) is 4.98 Å². The van der Waals surface area contributed by atoms with Crippen molar-refractivity contribution < 1.29 is 23.8 Å². The second kappa shape index (κ2) is 9.43. The summed E-state index contributed by atoms with van der Waals surface area (Å²) in [4.78, 5) is 14.0. The molecule has 0 spiro atoms. The Hall–Kier alpha value is -2.78. The van der Waals surface area contributed by atoms with Crippen molar-refractivity contribution in [2.75, 3.05) is 39.2 Å². The Morgan fingerprint density at radius 1 is 1.14 bits per heavy atom. The van der Waals surface area contributed by atoms with E-state index in [9.17, 15) is 0 Å². The van der Waals surface area contributed by atoms with E-state index in [-0.39, 0.29) is 12.2 Å². The number of aromatic nitrogens is 2. The normalized spacial score (nSPS) is 16.5. The number of hydrogen-bond acceptors (Lipinski definition) is 9. The van der Waals surface area contributed by atoms with Crippen molar-refractivity contribution in [3.05, 3.63) is 29.5 Å². The van der Waals surface area contributed by atoms with E-state index in [2.05, 4.69) is 15.4 Å². The first-order chi connectivity index (χ1) is 13.6. The number of benzene rings is 1. The van der Waals surface area contributed by atoms with Crippen LogP contribution in [0.5, 0.6) is 17.2 Å². The first-order valence-corrected chi connectivity index (χ1v) is 9.08. The Labute approximate surface area is 164 Å². The predicted octanol–water partition coefficient (Wildman–Crippen LogP) is 2.55. The molecular weight excluding hydrogens is 364 g/mol. The van der Waals surface area contributed by atoms with Crippen molar-refractivity contribution >= 4 is 11.8 Å². The Morgan fingerprint density at radius 2 is 1.89 bits per heavy atom. The SMILES string of the molecule is COc1cc(Cc2cnc(N)nc2NOC2CCCCO2)cc(OC)c1OC. The van der Waals surface area contributed by atoms with Crippen LogP contribution in [0.3, 0.4) is 0 Å². The van der Waals surface area contributed by atoms with Crippen LogP contribution >= 0.6 is 0 Å². The Morgan fingerprint density at radius 3 is 2.50 bits per heavy atom. The summed E-state index contributed by atoms with van der Waals surface area (Å²) >= 11 is 0. The van der Waals surface area contributed by atoms with Gasteiger partial charge in [-0.1, -0.05) is 0 Å². The molecule has 0 amide bonds. The minimum absolute atomic E-state index is 0.157. The standard InChI is InChI=1S/C19H26N4O5/c1-24-14-9-12(10-15(25-2)17(14)26-3)8-13-11-21-19(20)22-18(13)23-28-16-6-4-5-7-27-16/h9-11,16H,4-8H2,1-3H3,(H3,20,21,22,23). The highest BCUT2D eigenvalue weighted by Gasteiger charge is 2.18. The van der Waals surface area contributed by atoms with Crippen molar-refractivity contribution in [2.45, 2.75) is 32.0 Å². The van der Waals surface area contributed by atoms with E-state index in [1.807, 2.05) is 12.1 Å². The molecule has 152 valence electrons. The van der Waals surface area contributed by atoms with Gasteiger partial charge >= 0.3 is 0 Å². The summed E-state index contributed by atoms with van der Waals surface area (Å²) in [7, 11) is 4.73. The molecule has 1 aliphatic heterocycles. The van der Waals surface area contributed by atoms with E-state index >= 15 is 0 Å². The molecule has 0 bridgehead atoms. The smallest absolute Gasteiger partial charge is 0.222 e. The third kappa shape index (κ3) is 4.73. The lowest BCUT2D eigenvalue weighted by Gasteiger charge is -2.23. The molecule has 0 saturated carbocycles. The summed E-state index contributed by atoms with van der Waals surface area (Å²) < 4.78 is 21.8. The third-order valence-corrected chi connectivity index (χ3v) is 4.43. The predicted molar refractivity (Wildman–Crippen MR) is 104 cm³/mol. The first kappa shape index (κ1) is 20.0. The molecule has 2 heterocycles. The van der Waals surface area contributed by atoms with Crippen LogP contribution in [0, 0.1) is 0 Å². The minimum atomic E-state index is -0.307. The molecule has 1 unspecified atom stereocenters. The van der Waals surface area contributed by atoms with Crippen molar-refractivity contribution in [2.24, 2.45) is 0 Å². The molecule has 3 N–H and O–H groups in total. The molecule has 1 saturated heterocycles. The van der Waals surface area contributed by atoms with E-state index in [4.69, 9.17) is 29.5 Å². The summed E-state index contributed by atoms with van der Waals surface area (Å²) in [5, 5.41) is 0. The zero-order valence-electron chi connectivity index (χ0n) is 16.4. The molecular formula is C19H26N4O5. The van der Waals surface area contributed by atoms with E-state index in [0.717, 1.165) is 30.4 Å². The first-order valence-electron chi connectivity index (χ1n) is 9.08. The zero-order chi connectivity index (χ0) is 19.9. The Balaban J connectivity index is 1.81. The monoisotopic (exact) mass is 390 g/mol. The number of nitrogen functional groups attached to an aromatic ring is 1. The fourth-order valence-electron chi connectivity index (χ4n) is 3.02. The van der Waals surface area contributed by atoms with Gasteiger partial charge in [-0.25, -0.2) is 15.3 Å². The summed E-state index contributed by atoms with van der Waals surface area (Å²) in [6.45, 7) is 0.691. The Kier molecular flexibility index (Phi) is 6.72. The van der Waals surface area contributed by atoms with Crippen molar-refractivity contribution in [1.29, 1.82) is 0 Å². The van der Waals surface area contributed by atoms with Gasteiger partial charge in [0.1, 0.15) is 0 Å². The number of anilines is 2. The van der Waals surface area contributed by atoms with Gasteiger partial charge in [0.2, 0.25) is 11.7 Å². The largest absolute Gasteiger partial charge is 0.493 e. The van der Waals surface area contributed by atoms with Crippen LogP contribution in [0.4, 0.5) is 11.8 Å². The van der Waals surface area contributed by atoms with Crippen molar-refractivity contribution in [3.8, 4) is 17.2 Å². The number of nitrogens with zero attached hydrogens (tertiary/aromatic N) is 2. The quantitative estimate of drug-likeness (QED) is 0.657. The lowest BCUT2D eigenvalue weighted by Crippen LogP contribution is -2.25. The maximum atomic E-state index is 5.75. The van der Waals surface area contributed by atoms with E-state index in [0.29, 0.717) is 36.1 Å². The van der Waals surface area contributed by atoms with Crippen LogP contribution < -0.4 is 25.4 Å². The van der Waals surface area contributed by atoms with Crippen LogP contribution in [0.15, 0.2) is 18.3 Å². The van der Waals surface area contributed by atoms with Crippen LogP contribution in [0.2, 0.25) is 0 Å². The summed E-state index contributed by atoms with van der Waals surface area (Å²) in [6, 6.07) is 3.76. The molecule has 3 rings (SSSR count). The molecule has 1 aliphatic rings. The minimum Gasteiger partial charge on any atom is -0.493 e. The van der Waals surface area contributed by atoms with Gasteiger partial charge in [0.25, 0.3) is 0 Å². The molecule has 2 aromatic rings. The fourth-order valence-corrected chi connectivity index (χ4v) is 3.02. The van der Waals surface area contributed by atoms with Gasteiger partial charge in [0, 0.05) is 31.2 Å². The van der Waals surface area contributed by atoms with Crippen molar-refractivity contribution in [3.63, 3.8) is 0 Å². The lowest BCUT2D eigenvalue weighted by molar-refractivity contribution is -0.145. The number of nitrogens with two attached hydrogens (primary N) is 1. The number of methoxy groups -OCH3 is 3. The van der Waals surface area contributed by atoms with E-state index in [1.165, 1.54) is 0 Å². The molecule has 1 aromatic carbocycles. The molecule has 9 heteroatoms. The van der Waals surface area contributed by atoms with Gasteiger partial charge in [0.05, 0.1) is 21.3 Å². The third-order valence-electron chi connectivity index (χ3n) is 4.43. The maximum Gasteiger partial charge on any atom is 0.222 e. The van der Waals surface area contributed by atoms with Crippen LogP contribution in [-0.4, -0.2) is 44.2 Å². The topological polar surface area (TPSA) is 110 Å². The van der Waals surface area contributed by atoms with Crippen LogP contribution in [-0.2, 0) is 16.0 Å². The van der Waals surface area contributed by atoms with E-state index < -0.39 is 0 Å². The van der Waals surface area contributed by atoms with Gasteiger partial charge < -0.3 is 24.7 Å². The molecule has 1 fully saturated rings. The molecule has 9 nitrogen and oxygen atoms in total. The zero-order valence-corrected chi connectivity index (χ0v) is 16.4. The lowest BCUT2D eigenvalue weighted by atomic mass is 10.1. The highest BCUT2D eigenvalue weighted by atomic mass is 16.8. The van der Waals surface area contributed by atoms with Crippen LogP contribution in [0.25, 0.3) is 0 Å². The maximum absolute atomic E-state index is 5.75. The average molecular weight is 390 g/mol. The second-order valence-corrected chi connectivity index (χ2v) is 6.33.